The lowest BCUT2D eigenvalue weighted by Gasteiger charge is -2.35. The van der Waals surface area contributed by atoms with E-state index in [0.29, 0.717) is 13.0 Å². The standard InChI is InChI=1S/C16H20FN5/c1-12-6-13(2-3-19-12)8-21-15-7-14(17)10-22(11-15)16-9-18-4-5-20-16/h2-6,9,14-15,21H,7-8,10-11H2,1H3/t14-,15-/m0/s1. The van der Waals surface area contributed by atoms with E-state index in [-0.39, 0.29) is 6.04 Å². The minimum absolute atomic E-state index is 0.0965. The van der Waals surface area contributed by atoms with Crippen molar-refractivity contribution in [1.29, 1.82) is 0 Å². The van der Waals surface area contributed by atoms with Crippen molar-refractivity contribution in [2.24, 2.45) is 0 Å². The molecule has 0 aromatic carbocycles. The Kier molecular flexibility index (Phi) is 4.58. The maximum atomic E-state index is 14.0. The summed E-state index contributed by atoms with van der Waals surface area (Å²) in [7, 11) is 0. The number of hydrogen-bond acceptors (Lipinski definition) is 5. The maximum Gasteiger partial charge on any atom is 0.147 e. The second-order valence-corrected chi connectivity index (χ2v) is 5.68. The van der Waals surface area contributed by atoms with Crippen molar-refractivity contribution in [3.05, 3.63) is 48.2 Å². The van der Waals surface area contributed by atoms with Gasteiger partial charge in [0.15, 0.2) is 0 Å². The minimum Gasteiger partial charge on any atom is -0.351 e. The number of piperidine rings is 1. The predicted octanol–water partition coefficient (Wildman–Crippen LogP) is 1.89. The third-order valence-corrected chi connectivity index (χ3v) is 3.83. The van der Waals surface area contributed by atoms with E-state index in [0.717, 1.165) is 24.6 Å². The molecule has 0 radical (unpaired) electrons. The Morgan fingerprint density at radius 1 is 1.27 bits per heavy atom. The van der Waals surface area contributed by atoms with Crippen LogP contribution in [-0.4, -0.2) is 40.3 Å². The summed E-state index contributed by atoms with van der Waals surface area (Å²) in [5.74, 6) is 0.733. The highest BCUT2D eigenvalue weighted by Gasteiger charge is 2.27. The molecule has 1 N–H and O–H groups in total. The molecule has 3 heterocycles. The number of hydrogen-bond donors (Lipinski definition) is 1. The third kappa shape index (κ3) is 3.76. The topological polar surface area (TPSA) is 53.9 Å². The summed E-state index contributed by atoms with van der Waals surface area (Å²) in [5.41, 5.74) is 2.16. The zero-order chi connectivity index (χ0) is 15.4. The van der Waals surface area contributed by atoms with Crippen LogP contribution >= 0.6 is 0 Å². The number of nitrogens with one attached hydrogen (secondary N) is 1. The first-order valence-electron chi connectivity index (χ1n) is 7.50. The first kappa shape index (κ1) is 14.8. The molecule has 2 aromatic heterocycles. The molecule has 0 bridgehead atoms. The van der Waals surface area contributed by atoms with E-state index in [1.807, 2.05) is 24.0 Å². The van der Waals surface area contributed by atoms with Crippen molar-refractivity contribution < 1.29 is 4.39 Å². The molecular weight excluding hydrogens is 281 g/mol. The van der Waals surface area contributed by atoms with E-state index in [2.05, 4.69) is 20.3 Å². The largest absolute Gasteiger partial charge is 0.351 e. The average Bonchev–Trinajstić information content (AvgIpc) is 2.53. The van der Waals surface area contributed by atoms with Gasteiger partial charge in [0.25, 0.3) is 0 Å². The lowest BCUT2D eigenvalue weighted by atomic mass is 10.0. The van der Waals surface area contributed by atoms with Gasteiger partial charge in [0.2, 0.25) is 0 Å². The second kappa shape index (κ2) is 6.79. The lowest BCUT2D eigenvalue weighted by Crippen LogP contribution is -2.50. The molecule has 5 nitrogen and oxygen atoms in total. The second-order valence-electron chi connectivity index (χ2n) is 5.68. The van der Waals surface area contributed by atoms with E-state index in [9.17, 15) is 4.39 Å². The highest BCUT2D eigenvalue weighted by molar-refractivity contribution is 5.36. The number of nitrogens with zero attached hydrogens (tertiary/aromatic N) is 4. The van der Waals surface area contributed by atoms with Crippen molar-refractivity contribution >= 4 is 5.82 Å². The van der Waals surface area contributed by atoms with Gasteiger partial charge in [-0.1, -0.05) is 0 Å². The van der Waals surface area contributed by atoms with Gasteiger partial charge in [-0.25, -0.2) is 9.37 Å². The van der Waals surface area contributed by atoms with Gasteiger partial charge in [-0.05, 0) is 31.0 Å². The van der Waals surface area contributed by atoms with Gasteiger partial charge in [-0.15, -0.1) is 0 Å². The average molecular weight is 301 g/mol. The quantitative estimate of drug-likeness (QED) is 0.934. The molecule has 0 spiro atoms. The summed E-state index contributed by atoms with van der Waals surface area (Å²) >= 11 is 0. The molecule has 0 saturated carbocycles. The first-order valence-corrected chi connectivity index (χ1v) is 7.50. The summed E-state index contributed by atoms with van der Waals surface area (Å²) in [5, 5.41) is 3.44. The Hall–Kier alpha value is -2.08. The third-order valence-electron chi connectivity index (χ3n) is 3.83. The number of anilines is 1. The SMILES string of the molecule is Cc1cc(CN[C@H]2C[C@H](F)CN(c3cnccn3)C2)ccn1. The van der Waals surface area contributed by atoms with Crippen LogP contribution < -0.4 is 10.2 Å². The van der Waals surface area contributed by atoms with Crippen LogP contribution in [0.25, 0.3) is 0 Å². The van der Waals surface area contributed by atoms with Crippen molar-refractivity contribution in [2.45, 2.75) is 32.1 Å². The van der Waals surface area contributed by atoms with Crippen LogP contribution in [0.1, 0.15) is 17.7 Å². The normalized spacial score (nSPS) is 21.8. The molecule has 2 atom stereocenters. The summed E-state index contributed by atoms with van der Waals surface area (Å²) in [6.45, 7) is 3.81. The van der Waals surface area contributed by atoms with Gasteiger partial charge < -0.3 is 10.2 Å². The van der Waals surface area contributed by atoms with E-state index in [1.165, 1.54) is 5.56 Å². The zero-order valence-corrected chi connectivity index (χ0v) is 12.6. The molecule has 116 valence electrons. The Morgan fingerprint density at radius 3 is 2.95 bits per heavy atom. The van der Waals surface area contributed by atoms with Gasteiger partial charge in [-0.2, -0.15) is 0 Å². The minimum atomic E-state index is -0.854. The molecular formula is C16H20FN5. The zero-order valence-electron chi connectivity index (χ0n) is 12.6. The molecule has 2 aromatic rings. The van der Waals surface area contributed by atoms with Gasteiger partial charge >= 0.3 is 0 Å². The Balaban J connectivity index is 1.61. The summed E-state index contributed by atoms with van der Waals surface area (Å²) in [4.78, 5) is 14.5. The molecule has 1 aliphatic heterocycles. The predicted molar refractivity (Wildman–Crippen MR) is 83.4 cm³/mol. The number of rotatable bonds is 4. The number of halogens is 1. The smallest absolute Gasteiger partial charge is 0.147 e. The number of aryl methyl sites for hydroxylation is 1. The van der Waals surface area contributed by atoms with Crippen LogP contribution in [0, 0.1) is 6.92 Å². The molecule has 1 fully saturated rings. The Bertz CT molecular complexity index is 606. The fraction of sp³-hybridized carbons (Fsp3) is 0.438. The molecule has 1 aliphatic rings. The van der Waals surface area contributed by atoms with E-state index < -0.39 is 6.17 Å². The molecule has 0 amide bonds. The van der Waals surface area contributed by atoms with E-state index >= 15 is 0 Å². The van der Waals surface area contributed by atoms with Gasteiger partial charge in [0, 0.05) is 43.4 Å². The summed E-state index contributed by atoms with van der Waals surface area (Å²) < 4.78 is 14.0. The fourth-order valence-corrected chi connectivity index (χ4v) is 2.80. The number of pyridine rings is 1. The monoisotopic (exact) mass is 301 g/mol. The first-order chi connectivity index (χ1) is 10.7. The fourth-order valence-electron chi connectivity index (χ4n) is 2.80. The van der Waals surface area contributed by atoms with Crippen LogP contribution in [-0.2, 0) is 6.54 Å². The van der Waals surface area contributed by atoms with Crippen molar-refractivity contribution in [3.63, 3.8) is 0 Å². The molecule has 0 aliphatic carbocycles. The number of aromatic nitrogens is 3. The van der Waals surface area contributed by atoms with Crippen LogP contribution in [0.5, 0.6) is 0 Å². The van der Waals surface area contributed by atoms with Gasteiger partial charge in [0.1, 0.15) is 12.0 Å². The highest BCUT2D eigenvalue weighted by atomic mass is 19.1. The maximum absolute atomic E-state index is 14.0. The van der Waals surface area contributed by atoms with Gasteiger partial charge in [0.05, 0.1) is 12.7 Å². The summed E-state index contributed by atoms with van der Waals surface area (Å²) in [6, 6.07) is 4.12. The van der Waals surface area contributed by atoms with Gasteiger partial charge in [-0.3, -0.25) is 9.97 Å². The van der Waals surface area contributed by atoms with E-state index in [1.54, 1.807) is 24.8 Å². The van der Waals surface area contributed by atoms with Crippen LogP contribution in [0.2, 0.25) is 0 Å². The number of alkyl halides is 1. The van der Waals surface area contributed by atoms with Crippen molar-refractivity contribution in [3.8, 4) is 0 Å². The van der Waals surface area contributed by atoms with Crippen LogP contribution in [0.15, 0.2) is 36.9 Å². The molecule has 1 saturated heterocycles. The van der Waals surface area contributed by atoms with Crippen LogP contribution in [0.3, 0.4) is 0 Å². The Morgan fingerprint density at radius 2 is 2.18 bits per heavy atom. The van der Waals surface area contributed by atoms with E-state index in [4.69, 9.17) is 0 Å². The Labute approximate surface area is 129 Å². The van der Waals surface area contributed by atoms with Crippen LogP contribution in [0.4, 0.5) is 10.2 Å². The highest BCUT2D eigenvalue weighted by Crippen LogP contribution is 2.19. The summed E-state index contributed by atoms with van der Waals surface area (Å²) in [6.07, 6.45) is 6.42. The van der Waals surface area contributed by atoms with Crippen molar-refractivity contribution in [1.82, 2.24) is 20.3 Å². The lowest BCUT2D eigenvalue weighted by molar-refractivity contribution is 0.248. The van der Waals surface area contributed by atoms with Crippen molar-refractivity contribution in [2.75, 3.05) is 18.0 Å². The molecule has 22 heavy (non-hydrogen) atoms. The molecule has 0 unspecified atom stereocenters. The molecule has 3 rings (SSSR count). The molecule has 6 heteroatoms.